The number of halogens is 1. The minimum Gasteiger partial charge on any atom is -0.299 e. The fourth-order valence-electron chi connectivity index (χ4n) is 3.21. The number of nitro benzene ring substituents is 1. The molecular weight excluding hydrogens is 332 g/mol. The maximum absolute atomic E-state index is 11.0. The molecule has 2 rings (SSSR count). The highest BCUT2D eigenvalue weighted by Crippen LogP contribution is 2.38. The Kier molecular flexibility index (Phi) is 5.38. The van der Waals surface area contributed by atoms with Gasteiger partial charge < -0.3 is 0 Å². The highest BCUT2D eigenvalue weighted by atomic mass is 79.9. The minimum absolute atomic E-state index is 0.154. The van der Waals surface area contributed by atoms with Gasteiger partial charge in [-0.1, -0.05) is 38.8 Å². The van der Waals surface area contributed by atoms with Crippen LogP contribution in [0.3, 0.4) is 0 Å². The van der Waals surface area contributed by atoms with Crippen LogP contribution >= 0.6 is 15.9 Å². The number of hydrogen-bond acceptors (Lipinski definition) is 3. The van der Waals surface area contributed by atoms with Crippen molar-refractivity contribution in [3.05, 3.63) is 38.3 Å². The zero-order valence-electron chi connectivity index (χ0n) is 12.8. The summed E-state index contributed by atoms with van der Waals surface area (Å²) < 4.78 is 0.623. The molecule has 0 saturated carbocycles. The third-order valence-electron chi connectivity index (χ3n) is 5.07. The second-order valence-electron chi connectivity index (χ2n) is 5.99. The maximum Gasteiger partial charge on any atom is 0.283 e. The van der Waals surface area contributed by atoms with Crippen molar-refractivity contribution in [2.45, 2.75) is 46.1 Å². The van der Waals surface area contributed by atoms with Crippen LogP contribution in [0.15, 0.2) is 22.7 Å². The van der Waals surface area contributed by atoms with Crippen LogP contribution in [0, 0.1) is 15.5 Å². The van der Waals surface area contributed by atoms with E-state index in [4.69, 9.17) is 0 Å². The van der Waals surface area contributed by atoms with Crippen molar-refractivity contribution < 1.29 is 4.92 Å². The lowest BCUT2D eigenvalue weighted by Crippen LogP contribution is -2.39. The smallest absolute Gasteiger partial charge is 0.283 e. The summed E-state index contributed by atoms with van der Waals surface area (Å²) in [5.74, 6) is 0. The molecular formula is C16H23BrN2O2. The van der Waals surface area contributed by atoms with Crippen LogP contribution in [0.4, 0.5) is 5.69 Å². The van der Waals surface area contributed by atoms with Gasteiger partial charge >= 0.3 is 0 Å². The monoisotopic (exact) mass is 354 g/mol. The zero-order valence-corrected chi connectivity index (χ0v) is 14.4. The Morgan fingerprint density at radius 3 is 2.43 bits per heavy atom. The fourth-order valence-corrected chi connectivity index (χ4v) is 3.75. The van der Waals surface area contributed by atoms with Crippen LogP contribution in [-0.2, 0) is 6.54 Å². The van der Waals surface area contributed by atoms with Crippen molar-refractivity contribution in [3.63, 3.8) is 0 Å². The molecule has 116 valence electrons. The molecule has 1 saturated heterocycles. The van der Waals surface area contributed by atoms with Crippen molar-refractivity contribution in [2.75, 3.05) is 13.1 Å². The molecule has 1 aromatic rings. The number of likely N-dealkylation sites (tertiary alicyclic amines) is 1. The van der Waals surface area contributed by atoms with Crippen LogP contribution in [-0.4, -0.2) is 22.9 Å². The molecule has 1 aliphatic heterocycles. The summed E-state index contributed by atoms with van der Waals surface area (Å²) >= 11 is 3.39. The Bertz CT molecular complexity index is 505. The summed E-state index contributed by atoms with van der Waals surface area (Å²) in [4.78, 5) is 13.1. The average molecular weight is 355 g/mol. The molecule has 5 heteroatoms. The van der Waals surface area contributed by atoms with E-state index in [0.717, 1.165) is 25.2 Å². The van der Waals surface area contributed by atoms with Gasteiger partial charge in [-0.15, -0.1) is 0 Å². The summed E-state index contributed by atoms with van der Waals surface area (Å²) in [7, 11) is 0. The number of hydrogen-bond donors (Lipinski definition) is 0. The Labute approximate surface area is 134 Å². The number of nitro groups is 1. The van der Waals surface area contributed by atoms with E-state index >= 15 is 0 Å². The summed E-state index contributed by atoms with van der Waals surface area (Å²) in [6.45, 7) is 7.52. The highest BCUT2D eigenvalue weighted by Gasteiger charge is 2.31. The van der Waals surface area contributed by atoms with E-state index in [1.165, 1.54) is 25.7 Å². The largest absolute Gasteiger partial charge is 0.299 e. The van der Waals surface area contributed by atoms with Gasteiger partial charge in [-0.05, 0) is 52.8 Å². The predicted octanol–water partition coefficient (Wildman–Crippen LogP) is 4.76. The molecule has 0 aromatic heterocycles. The molecule has 0 spiro atoms. The van der Waals surface area contributed by atoms with Crippen LogP contribution in [0.2, 0.25) is 0 Å². The lowest BCUT2D eigenvalue weighted by Gasteiger charge is -2.41. The SMILES string of the molecule is CCC1(CC)CCN(Cc2cccc([N+](=O)[O-])c2Br)CC1. The number of piperidine rings is 1. The first-order valence-corrected chi connectivity index (χ1v) is 8.45. The lowest BCUT2D eigenvalue weighted by molar-refractivity contribution is -0.385. The van der Waals surface area contributed by atoms with Crippen LogP contribution in [0.5, 0.6) is 0 Å². The van der Waals surface area contributed by atoms with Gasteiger partial charge in [-0.3, -0.25) is 15.0 Å². The Morgan fingerprint density at radius 1 is 1.29 bits per heavy atom. The molecule has 0 aliphatic carbocycles. The Hall–Kier alpha value is -0.940. The van der Waals surface area contributed by atoms with E-state index < -0.39 is 0 Å². The van der Waals surface area contributed by atoms with E-state index in [0.29, 0.717) is 9.89 Å². The molecule has 1 aromatic carbocycles. The number of rotatable bonds is 5. The topological polar surface area (TPSA) is 46.4 Å². The van der Waals surface area contributed by atoms with Gasteiger partial charge in [0.1, 0.15) is 0 Å². The quantitative estimate of drug-likeness (QED) is 0.565. The van der Waals surface area contributed by atoms with Crippen molar-refractivity contribution in [1.82, 2.24) is 4.90 Å². The van der Waals surface area contributed by atoms with Crippen LogP contribution < -0.4 is 0 Å². The van der Waals surface area contributed by atoms with E-state index in [2.05, 4.69) is 34.7 Å². The van der Waals surface area contributed by atoms with Crippen LogP contribution in [0.1, 0.15) is 45.1 Å². The first-order chi connectivity index (χ1) is 10.0. The Morgan fingerprint density at radius 2 is 1.90 bits per heavy atom. The lowest BCUT2D eigenvalue weighted by atomic mass is 9.74. The number of benzene rings is 1. The molecule has 4 nitrogen and oxygen atoms in total. The van der Waals surface area contributed by atoms with Crippen molar-refractivity contribution in [2.24, 2.45) is 5.41 Å². The highest BCUT2D eigenvalue weighted by molar-refractivity contribution is 9.10. The second kappa shape index (κ2) is 6.88. The summed E-state index contributed by atoms with van der Waals surface area (Å²) in [5.41, 5.74) is 1.67. The van der Waals surface area contributed by atoms with Gasteiger partial charge in [0.05, 0.1) is 9.40 Å². The van der Waals surface area contributed by atoms with Gasteiger partial charge in [-0.25, -0.2) is 0 Å². The van der Waals surface area contributed by atoms with Crippen molar-refractivity contribution >= 4 is 21.6 Å². The molecule has 0 unspecified atom stereocenters. The number of nitrogens with zero attached hydrogens (tertiary/aromatic N) is 2. The summed E-state index contributed by atoms with van der Waals surface area (Å²) in [5, 5.41) is 11.0. The first-order valence-electron chi connectivity index (χ1n) is 7.65. The molecule has 1 fully saturated rings. The van der Waals surface area contributed by atoms with Gasteiger partial charge in [0.25, 0.3) is 5.69 Å². The second-order valence-corrected chi connectivity index (χ2v) is 6.78. The molecule has 0 amide bonds. The van der Waals surface area contributed by atoms with Gasteiger partial charge in [-0.2, -0.15) is 0 Å². The fraction of sp³-hybridized carbons (Fsp3) is 0.625. The van der Waals surface area contributed by atoms with Crippen molar-refractivity contribution in [3.8, 4) is 0 Å². The molecule has 1 heterocycles. The van der Waals surface area contributed by atoms with Gasteiger partial charge in [0.2, 0.25) is 0 Å². The van der Waals surface area contributed by atoms with Crippen LogP contribution in [0.25, 0.3) is 0 Å². The standard InChI is InChI=1S/C16H23BrN2O2/c1-3-16(4-2)8-10-18(11-9-16)12-13-6-5-7-14(15(13)17)19(20)21/h5-7H,3-4,8-12H2,1-2H3. The molecule has 0 N–H and O–H groups in total. The average Bonchev–Trinajstić information content (AvgIpc) is 2.50. The maximum atomic E-state index is 11.0. The zero-order chi connectivity index (χ0) is 15.5. The van der Waals surface area contributed by atoms with Gasteiger partial charge in [0, 0.05) is 12.6 Å². The first kappa shape index (κ1) is 16.4. The normalized spacial score (nSPS) is 18.6. The summed E-state index contributed by atoms with van der Waals surface area (Å²) in [6, 6.07) is 5.28. The van der Waals surface area contributed by atoms with E-state index in [1.54, 1.807) is 12.1 Å². The molecule has 0 bridgehead atoms. The van der Waals surface area contributed by atoms with E-state index in [1.807, 2.05) is 6.07 Å². The summed E-state index contributed by atoms with van der Waals surface area (Å²) in [6.07, 6.45) is 4.95. The third kappa shape index (κ3) is 3.64. The molecule has 0 atom stereocenters. The van der Waals surface area contributed by atoms with Crippen molar-refractivity contribution in [1.29, 1.82) is 0 Å². The van der Waals surface area contributed by atoms with Gasteiger partial charge in [0.15, 0.2) is 0 Å². The molecule has 1 aliphatic rings. The van der Waals surface area contributed by atoms with E-state index in [-0.39, 0.29) is 10.6 Å². The third-order valence-corrected chi connectivity index (χ3v) is 5.98. The van der Waals surface area contributed by atoms with E-state index in [9.17, 15) is 10.1 Å². The molecule has 0 radical (unpaired) electrons. The Balaban J connectivity index is 2.04. The predicted molar refractivity (Wildman–Crippen MR) is 88.3 cm³/mol. The molecule has 21 heavy (non-hydrogen) atoms. The minimum atomic E-state index is -0.330.